The molecular weight excluding hydrogens is 332 g/mol. The summed E-state index contributed by atoms with van der Waals surface area (Å²) < 4.78 is 0. The lowest BCUT2D eigenvalue weighted by Crippen LogP contribution is -2.47. The lowest BCUT2D eigenvalue weighted by atomic mass is 9.96. The van der Waals surface area contributed by atoms with E-state index < -0.39 is 0 Å². The molecule has 0 amide bonds. The zero-order valence-corrected chi connectivity index (χ0v) is 15.1. The van der Waals surface area contributed by atoms with E-state index in [4.69, 9.17) is 16.7 Å². The van der Waals surface area contributed by atoms with Gasteiger partial charge in [0.2, 0.25) is 0 Å². The molecule has 2 aromatic carbocycles. The monoisotopic (exact) mass is 356 g/mol. The van der Waals surface area contributed by atoms with Gasteiger partial charge in [-0.15, -0.1) is 0 Å². The molecule has 3 rings (SSSR count). The van der Waals surface area contributed by atoms with Gasteiger partial charge in [0, 0.05) is 37.7 Å². The van der Waals surface area contributed by atoms with Crippen LogP contribution in [0.2, 0.25) is 5.02 Å². The molecule has 0 bridgehead atoms. The lowest BCUT2D eigenvalue weighted by molar-refractivity contribution is 0.117. The maximum atomic E-state index is 8.86. The highest BCUT2D eigenvalue weighted by molar-refractivity contribution is 6.30. The van der Waals surface area contributed by atoms with Crippen LogP contribution >= 0.6 is 11.6 Å². The first-order chi connectivity index (χ1) is 12.3. The van der Waals surface area contributed by atoms with Crippen LogP contribution in [0, 0.1) is 0 Å². The van der Waals surface area contributed by atoms with Crippen molar-refractivity contribution in [3.05, 3.63) is 82.9 Å². The molecule has 2 aromatic rings. The summed E-state index contributed by atoms with van der Waals surface area (Å²) >= 11 is 6.08. The summed E-state index contributed by atoms with van der Waals surface area (Å²) in [6.45, 7) is 5.14. The van der Waals surface area contributed by atoms with Gasteiger partial charge in [0.1, 0.15) is 0 Å². The molecule has 0 unspecified atom stereocenters. The Bertz CT molecular complexity index is 664. The van der Waals surface area contributed by atoms with E-state index in [1.54, 1.807) is 0 Å². The third-order valence-electron chi connectivity index (χ3n) is 4.71. The molecule has 1 heterocycles. The van der Waals surface area contributed by atoms with Crippen LogP contribution in [0.4, 0.5) is 0 Å². The normalized spacial score (nSPS) is 17.8. The predicted molar refractivity (Wildman–Crippen MR) is 104 cm³/mol. The van der Waals surface area contributed by atoms with Gasteiger partial charge in [0.05, 0.1) is 12.6 Å². The second-order valence-electron chi connectivity index (χ2n) is 6.36. The van der Waals surface area contributed by atoms with Crippen molar-refractivity contribution in [3.63, 3.8) is 0 Å². The van der Waals surface area contributed by atoms with Crippen LogP contribution in [0.3, 0.4) is 0 Å². The van der Waals surface area contributed by atoms with Crippen molar-refractivity contribution < 1.29 is 5.11 Å². The fourth-order valence-electron chi connectivity index (χ4n) is 3.40. The molecule has 1 atom stereocenters. The predicted octanol–water partition coefficient (Wildman–Crippen LogP) is 3.60. The van der Waals surface area contributed by atoms with Crippen LogP contribution in [0.15, 0.2) is 66.7 Å². The van der Waals surface area contributed by atoms with E-state index in [0.29, 0.717) is 0 Å². The number of hydrogen-bond donors (Lipinski definition) is 1. The number of piperazine rings is 1. The minimum atomic E-state index is 0.118. The highest BCUT2D eigenvalue weighted by Crippen LogP contribution is 2.30. The van der Waals surface area contributed by atoms with Crippen molar-refractivity contribution in [2.45, 2.75) is 6.04 Å². The smallest absolute Gasteiger partial charge is 0.0612 e. The quantitative estimate of drug-likeness (QED) is 0.801. The van der Waals surface area contributed by atoms with Crippen LogP contribution in [-0.2, 0) is 0 Å². The fourth-order valence-corrected chi connectivity index (χ4v) is 3.52. The molecule has 132 valence electrons. The van der Waals surface area contributed by atoms with Gasteiger partial charge in [-0.3, -0.25) is 9.80 Å². The van der Waals surface area contributed by atoms with Crippen molar-refractivity contribution >= 4 is 11.6 Å². The SMILES string of the molecule is OCC=CCN1CCN([C@H](c2ccccc2)c2ccc(Cl)cc2)CC1. The second kappa shape index (κ2) is 9.16. The van der Waals surface area contributed by atoms with E-state index in [2.05, 4.69) is 52.3 Å². The molecular formula is C21H25ClN2O. The molecule has 0 saturated carbocycles. The molecule has 0 aliphatic carbocycles. The van der Waals surface area contributed by atoms with Gasteiger partial charge in [-0.1, -0.05) is 66.2 Å². The molecule has 1 saturated heterocycles. The molecule has 0 spiro atoms. The van der Waals surface area contributed by atoms with Crippen LogP contribution in [-0.4, -0.2) is 54.2 Å². The first-order valence-corrected chi connectivity index (χ1v) is 9.18. The fraction of sp³-hybridized carbons (Fsp3) is 0.333. The molecule has 1 aliphatic heterocycles. The number of hydrogen-bond acceptors (Lipinski definition) is 3. The molecule has 25 heavy (non-hydrogen) atoms. The van der Waals surface area contributed by atoms with Gasteiger partial charge in [0.15, 0.2) is 0 Å². The molecule has 0 radical (unpaired) electrons. The van der Waals surface area contributed by atoms with E-state index in [0.717, 1.165) is 37.7 Å². The number of nitrogens with zero attached hydrogens (tertiary/aromatic N) is 2. The van der Waals surface area contributed by atoms with Gasteiger partial charge in [-0.25, -0.2) is 0 Å². The topological polar surface area (TPSA) is 26.7 Å². The summed E-state index contributed by atoms with van der Waals surface area (Å²) in [7, 11) is 0. The average Bonchev–Trinajstić information content (AvgIpc) is 2.66. The molecule has 1 aliphatic rings. The van der Waals surface area contributed by atoms with Crippen molar-refractivity contribution in [1.82, 2.24) is 9.80 Å². The van der Waals surface area contributed by atoms with E-state index in [9.17, 15) is 0 Å². The van der Waals surface area contributed by atoms with Crippen molar-refractivity contribution in [2.24, 2.45) is 0 Å². The minimum Gasteiger partial charge on any atom is -0.392 e. The van der Waals surface area contributed by atoms with E-state index in [1.807, 2.05) is 24.3 Å². The van der Waals surface area contributed by atoms with Gasteiger partial charge < -0.3 is 5.11 Å². The second-order valence-corrected chi connectivity index (χ2v) is 6.79. The first-order valence-electron chi connectivity index (χ1n) is 8.80. The van der Waals surface area contributed by atoms with Crippen molar-refractivity contribution in [3.8, 4) is 0 Å². The molecule has 3 nitrogen and oxygen atoms in total. The van der Waals surface area contributed by atoms with Crippen LogP contribution in [0.5, 0.6) is 0 Å². The molecule has 1 fully saturated rings. The number of aliphatic hydroxyl groups excluding tert-OH is 1. The summed E-state index contributed by atoms with van der Waals surface area (Å²) in [4.78, 5) is 4.97. The Morgan fingerprint density at radius 2 is 1.52 bits per heavy atom. The Morgan fingerprint density at radius 3 is 2.16 bits per heavy atom. The number of halogens is 1. The van der Waals surface area contributed by atoms with Gasteiger partial charge in [-0.2, -0.15) is 0 Å². The zero-order chi connectivity index (χ0) is 17.5. The van der Waals surface area contributed by atoms with E-state index in [1.165, 1.54) is 11.1 Å². The van der Waals surface area contributed by atoms with Crippen molar-refractivity contribution in [1.29, 1.82) is 0 Å². The standard InChI is InChI=1S/C21H25ClN2O/c22-20-10-8-19(9-11-20)21(18-6-2-1-3-7-18)24-15-13-23(14-16-24)12-4-5-17-25/h1-11,21,25H,12-17H2/t21-/m1/s1. The Hall–Kier alpha value is -1.65. The van der Waals surface area contributed by atoms with E-state index in [-0.39, 0.29) is 12.6 Å². The third kappa shape index (κ3) is 4.93. The maximum Gasteiger partial charge on any atom is 0.0612 e. The van der Waals surface area contributed by atoms with Crippen LogP contribution in [0.1, 0.15) is 17.2 Å². The van der Waals surface area contributed by atoms with E-state index >= 15 is 0 Å². The van der Waals surface area contributed by atoms with Gasteiger partial charge in [-0.05, 0) is 23.3 Å². The summed E-state index contributed by atoms with van der Waals surface area (Å²) in [5.41, 5.74) is 2.60. The first kappa shape index (κ1) is 18.2. The number of benzene rings is 2. The highest BCUT2D eigenvalue weighted by Gasteiger charge is 2.25. The average molecular weight is 357 g/mol. The largest absolute Gasteiger partial charge is 0.392 e. The minimum absolute atomic E-state index is 0.118. The third-order valence-corrected chi connectivity index (χ3v) is 4.96. The van der Waals surface area contributed by atoms with Crippen LogP contribution in [0.25, 0.3) is 0 Å². The number of aliphatic hydroxyl groups is 1. The maximum absolute atomic E-state index is 8.86. The highest BCUT2D eigenvalue weighted by atomic mass is 35.5. The molecule has 4 heteroatoms. The Balaban J connectivity index is 1.75. The Labute approximate surface area is 155 Å². The Kier molecular flexibility index (Phi) is 6.65. The summed E-state index contributed by atoms with van der Waals surface area (Å²) in [6.07, 6.45) is 3.86. The van der Waals surface area contributed by atoms with Crippen molar-refractivity contribution in [2.75, 3.05) is 39.3 Å². The van der Waals surface area contributed by atoms with Gasteiger partial charge >= 0.3 is 0 Å². The molecule has 1 N–H and O–H groups in total. The zero-order valence-electron chi connectivity index (χ0n) is 14.4. The molecule has 0 aromatic heterocycles. The Morgan fingerprint density at radius 1 is 0.880 bits per heavy atom. The number of rotatable bonds is 6. The summed E-state index contributed by atoms with van der Waals surface area (Å²) in [5, 5.41) is 9.63. The summed E-state index contributed by atoms with van der Waals surface area (Å²) in [6, 6.07) is 19.2. The summed E-state index contributed by atoms with van der Waals surface area (Å²) in [5.74, 6) is 0. The lowest BCUT2D eigenvalue weighted by Gasteiger charge is -2.39. The van der Waals surface area contributed by atoms with Crippen LogP contribution < -0.4 is 0 Å². The van der Waals surface area contributed by atoms with Gasteiger partial charge in [0.25, 0.3) is 0 Å².